The van der Waals surface area contributed by atoms with Gasteiger partial charge in [-0.25, -0.2) is 8.78 Å². The van der Waals surface area contributed by atoms with E-state index in [0.29, 0.717) is 18.7 Å². The summed E-state index contributed by atoms with van der Waals surface area (Å²) < 4.78 is 32.6. The first-order valence-corrected chi connectivity index (χ1v) is 7.06. The standard InChI is InChI=1S/C17H19F2NO/c1-3-20-17(15-9-8-13(18)11-16(15)19)12-6-5-7-14(10-12)21-4-2/h5-11,17,20H,3-4H2,1-2H3. The quantitative estimate of drug-likeness (QED) is 0.866. The highest BCUT2D eigenvalue weighted by Gasteiger charge is 2.18. The molecule has 0 fully saturated rings. The largest absolute Gasteiger partial charge is 0.494 e. The average Bonchev–Trinajstić information content (AvgIpc) is 2.46. The molecule has 0 aromatic heterocycles. The SMILES string of the molecule is CCNC(c1cccc(OCC)c1)c1ccc(F)cc1F. The van der Waals surface area contributed by atoms with Crippen LogP contribution in [-0.2, 0) is 0 Å². The molecule has 2 aromatic rings. The summed E-state index contributed by atoms with van der Waals surface area (Å²) in [4.78, 5) is 0. The second-order valence-corrected chi connectivity index (χ2v) is 4.66. The number of nitrogens with one attached hydrogen (secondary N) is 1. The van der Waals surface area contributed by atoms with Gasteiger partial charge in [-0.15, -0.1) is 0 Å². The van der Waals surface area contributed by atoms with E-state index in [-0.39, 0.29) is 6.04 Å². The maximum absolute atomic E-state index is 14.0. The van der Waals surface area contributed by atoms with E-state index in [4.69, 9.17) is 4.74 Å². The van der Waals surface area contributed by atoms with Gasteiger partial charge in [0.25, 0.3) is 0 Å². The van der Waals surface area contributed by atoms with E-state index in [2.05, 4.69) is 5.32 Å². The summed E-state index contributed by atoms with van der Waals surface area (Å²) in [6.45, 7) is 5.09. The number of hydrogen-bond donors (Lipinski definition) is 1. The van der Waals surface area contributed by atoms with E-state index < -0.39 is 11.6 Å². The Balaban J connectivity index is 2.40. The zero-order valence-corrected chi connectivity index (χ0v) is 12.2. The molecule has 0 spiro atoms. The highest BCUT2D eigenvalue weighted by molar-refractivity contribution is 5.37. The second kappa shape index (κ2) is 7.18. The summed E-state index contributed by atoms with van der Waals surface area (Å²) in [5, 5.41) is 3.23. The van der Waals surface area contributed by atoms with Gasteiger partial charge in [0, 0.05) is 11.6 Å². The van der Waals surface area contributed by atoms with Crippen molar-refractivity contribution in [1.29, 1.82) is 0 Å². The molecule has 1 unspecified atom stereocenters. The van der Waals surface area contributed by atoms with Crippen LogP contribution in [0, 0.1) is 11.6 Å². The van der Waals surface area contributed by atoms with Crippen LogP contribution in [0.2, 0.25) is 0 Å². The molecule has 0 saturated heterocycles. The summed E-state index contributed by atoms with van der Waals surface area (Å²) in [6, 6.07) is 10.8. The summed E-state index contributed by atoms with van der Waals surface area (Å²) in [7, 11) is 0. The molecule has 0 aliphatic heterocycles. The van der Waals surface area contributed by atoms with Crippen molar-refractivity contribution in [3.05, 3.63) is 65.2 Å². The van der Waals surface area contributed by atoms with Crippen LogP contribution in [0.4, 0.5) is 8.78 Å². The van der Waals surface area contributed by atoms with Gasteiger partial charge in [-0.3, -0.25) is 0 Å². The molecule has 0 aliphatic rings. The lowest BCUT2D eigenvalue weighted by Crippen LogP contribution is -2.23. The van der Waals surface area contributed by atoms with Crippen molar-refractivity contribution >= 4 is 0 Å². The van der Waals surface area contributed by atoms with Crippen molar-refractivity contribution in [2.24, 2.45) is 0 Å². The molecule has 2 aromatic carbocycles. The molecule has 0 radical (unpaired) electrons. The topological polar surface area (TPSA) is 21.3 Å². The molecule has 2 rings (SSSR count). The van der Waals surface area contributed by atoms with Gasteiger partial charge in [0.05, 0.1) is 12.6 Å². The van der Waals surface area contributed by atoms with Crippen LogP contribution in [0.3, 0.4) is 0 Å². The smallest absolute Gasteiger partial charge is 0.131 e. The zero-order valence-electron chi connectivity index (χ0n) is 12.2. The molecule has 0 heterocycles. The molecule has 0 saturated carbocycles. The first-order chi connectivity index (χ1) is 10.2. The number of hydrogen-bond acceptors (Lipinski definition) is 2. The van der Waals surface area contributed by atoms with E-state index in [1.165, 1.54) is 12.1 Å². The van der Waals surface area contributed by atoms with Crippen LogP contribution in [-0.4, -0.2) is 13.2 Å². The summed E-state index contributed by atoms with van der Waals surface area (Å²) in [6.07, 6.45) is 0. The molecule has 4 heteroatoms. The highest BCUT2D eigenvalue weighted by Crippen LogP contribution is 2.27. The Kier molecular flexibility index (Phi) is 5.28. The third kappa shape index (κ3) is 3.79. The van der Waals surface area contributed by atoms with Gasteiger partial charge < -0.3 is 10.1 Å². The van der Waals surface area contributed by atoms with Gasteiger partial charge in [0.1, 0.15) is 17.4 Å². The minimum Gasteiger partial charge on any atom is -0.494 e. The summed E-state index contributed by atoms with van der Waals surface area (Å²) >= 11 is 0. The summed E-state index contributed by atoms with van der Waals surface area (Å²) in [5.74, 6) is -0.391. The Morgan fingerprint density at radius 2 is 1.90 bits per heavy atom. The molecule has 2 nitrogen and oxygen atoms in total. The van der Waals surface area contributed by atoms with E-state index in [0.717, 1.165) is 17.4 Å². The molecule has 0 aliphatic carbocycles. The lowest BCUT2D eigenvalue weighted by Gasteiger charge is -2.20. The third-order valence-corrected chi connectivity index (χ3v) is 3.18. The minimum atomic E-state index is -0.574. The molecule has 0 amide bonds. The maximum Gasteiger partial charge on any atom is 0.131 e. The molecular formula is C17H19F2NO. The average molecular weight is 291 g/mol. The van der Waals surface area contributed by atoms with Gasteiger partial charge in [0.15, 0.2) is 0 Å². The zero-order chi connectivity index (χ0) is 15.2. The van der Waals surface area contributed by atoms with Gasteiger partial charge in [0.2, 0.25) is 0 Å². The lowest BCUT2D eigenvalue weighted by molar-refractivity contribution is 0.339. The Bertz CT molecular complexity index is 601. The fourth-order valence-electron chi connectivity index (χ4n) is 2.30. The maximum atomic E-state index is 14.0. The predicted molar refractivity (Wildman–Crippen MR) is 79.5 cm³/mol. The van der Waals surface area contributed by atoms with Gasteiger partial charge in [-0.1, -0.05) is 25.1 Å². The Morgan fingerprint density at radius 3 is 2.57 bits per heavy atom. The fraction of sp³-hybridized carbons (Fsp3) is 0.294. The number of ether oxygens (including phenoxy) is 1. The van der Waals surface area contributed by atoms with E-state index in [9.17, 15) is 8.78 Å². The summed E-state index contributed by atoms with van der Waals surface area (Å²) in [5.41, 5.74) is 1.31. The third-order valence-electron chi connectivity index (χ3n) is 3.18. The van der Waals surface area contributed by atoms with Crippen molar-refractivity contribution in [2.45, 2.75) is 19.9 Å². The van der Waals surface area contributed by atoms with Gasteiger partial charge >= 0.3 is 0 Å². The number of rotatable bonds is 6. The molecular weight excluding hydrogens is 272 g/mol. The van der Waals surface area contributed by atoms with E-state index in [1.807, 2.05) is 38.1 Å². The van der Waals surface area contributed by atoms with E-state index >= 15 is 0 Å². The van der Waals surface area contributed by atoms with Crippen molar-refractivity contribution in [2.75, 3.05) is 13.2 Å². The molecule has 0 bridgehead atoms. The minimum absolute atomic E-state index is 0.337. The number of benzene rings is 2. The van der Waals surface area contributed by atoms with Crippen LogP contribution in [0.15, 0.2) is 42.5 Å². The van der Waals surface area contributed by atoms with Crippen molar-refractivity contribution < 1.29 is 13.5 Å². The number of halogens is 2. The monoisotopic (exact) mass is 291 g/mol. The highest BCUT2D eigenvalue weighted by atomic mass is 19.1. The Morgan fingerprint density at radius 1 is 1.10 bits per heavy atom. The first kappa shape index (κ1) is 15.4. The van der Waals surface area contributed by atoms with Crippen molar-refractivity contribution in [3.63, 3.8) is 0 Å². The van der Waals surface area contributed by atoms with E-state index in [1.54, 1.807) is 0 Å². The molecule has 21 heavy (non-hydrogen) atoms. The molecule has 1 atom stereocenters. The predicted octanol–water partition coefficient (Wildman–Crippen LogP) is 4.06. The van der Waals surface area contributed by atoms with Crippen LogP contribution < -0.4 is 10.1 Å². The Hall–Kier alpha value is -1.94. The van der Waals surface area contributed by atoms with Gasteiger partial charge in [-0.2, -0.15) is 0 Å². The van der Waals surface area contributed by atoms with Crippen LogP contribution in [0.5, 0.6) is 5.75 Å². The Labute approximate surface area is 123 Å². The normalized spacial score (nSPS) is 12.2. The fourth-order valence-corrected chi connectivity index (χ4v) is 2.30. The van der Waals surface area contributed by atoms with Crippen LogP contribution in [0.25, 0.3) is 0 Å². The van der Waals surface area contributed by atoms with Crippen molar-refractivity contribution in [3.8, 4) is 5.75 Å². The molecule has 1 N–H and O–H groups in total. The first-order valence-electron chi connectivity index (χ1n) is 7.06. The lowest BCUT2D eigenvalue weighted by atomic mass is 9.98. The van der Waals surface area contributed by atoms with Crippen LogP contribution >= 0.6 is 0 Å². The van der Waals surface area contributed by atoms with Crippen molar-refractivity contribution in [1.82, 2.24) is 5.32 Å². The molecule has 112 valence electrons. The van der Waals surface area contributed by atoms with Gasteiger partial charge in [-0.05, 0) is 37.2 Å². The second-order valence-electron chi connectivity index (χ2n) is 4.66. The van der Waals surface area contributed by atoms with Crippen LogP contribution in [0.1, 0.15) is 31.0 Å².